The molecule has 1 aliphatic carbocycles. The number of amides is 1. The lowest BCUT2D eigenvalue weighted by atomic mass is 9.85. The monoisotopic (exact) mass is 356 g/mol. The number of aromatic nitrogens is 3. The van der Waals surface area contributed by atoms with Crippen molar-refractivity contribution in [3.63, 3.8) is 0 Å². The minimum Gasteiger partial charge on any atom is -0.476 e. The predicted octanol–water partition coefficient (Wildman–Crippen LogP) is 2.98. The number of thiazole rings is 1. The number of anilines is 1. The van der Waals surface area contributed by atoms with Crippen LogP contribution in [0.25, 0.3) is 10.3 Å². The molecule has 25 heavy (non-hydrogen) atoms. The number of hydrogen-bond donors (Lipinski definition) is 2. The first kappa shape index (κ1) is 15.8. The van der Waals surface area contributed by atoms with Gasteiger partial charge in [0.2, 0.25) is 5.91 Å². The highest BCUT2D eigenvalue weighted by molar-refractivity contribution is 7.22. The number of rotatable bonds is 5. The molecule has 0 atom stereocenters. The van der Waals surface area contributed by atoms with E-state index in [9.17, 15) is 14.7 Å². The topological polar surface area (TPSA) is 97.1 Å². The summed E-state index contributed by atoms with van der Waals surface area (Å²) in [6, 6.07) is 9.64. The highest BCUT2D eigenvalue weighted by Gasteiger charge is 2.27. The standard InChI is InChI=1S/C17H16N4O3S/c22-15(11-7-4-8-11)19-17-18-14-13(25-17)12(16(23)24)20-21(14)9-10-5-2-1-3-6-10/h1-3,5-6,11H,4,7-9H2,(H,23,24)(H,18,19,22). The van der Waals surface area contributed by atoms with Gasteiger partial charge in [-0.15, -0.1) is 0 Å². The highest BCUT2D eigenvalue weighted by atomic mass is 32.1. The number of benzene rings is 1. The molecule has 2 aromatic heterocycles. The molecular weight excluding hydrogens is 340 g/mol. The van der Waals surface area contributed by atoms with Gasteiger partial charge in [0.05, 0.1) is 6.54 Å². The number of hydrogen-bond acceptors (Lipinski definition) is 5. The Morgan fingerprint density at radius 3 is 2.68 bits per heavy atom. The summed E-state index contributed by atoms with van der Waals surface area (Å²) in [5.74, 6) is -1.09. The molecule has 0 radical (unpaired) electrons. The Kier molecular flexibility index (Phi) is 3.96. The SMILES string of the molecule is O=C(O)c1nn(Cc2ccccc2)c2nc(NC(=O)C3CCC3)sc12. The molecule has 1 aromatic carbocycles. The van der Waals surface area contributed by atoms with Crippen LogP contribution in [0.1, 0.15) is 35.3 Å². The van der Waals surface area contributed by atoms with Gasteiger partial charge in [0.25, 0.3) is 0 Å². The largest absolute Gasteiger partial charge is 0.476 e. The zero-order valence-corrected chi connectivity index (χ0v) is 14.1. The van der Waals surface area contributed by atoms with Gasteiger partial charge in [-0.05, 0) is 18.4 Å². The molecule has 2 heterocycles. The summed E-state index contributed by atoms with van der Waals surface area (Å²) in [5, 5.41) is 16.8. The van der Waals surface area contributed by atoms with Crippen LogP contribution in [-0.4, -0.2) is 31.7 Å². The summed E-state index contributed by atoms with van der Waals surface area (Å²) in [6.45, 7) is 0.421. The maximum Gasteiger partial charge on any atom is 0.357 e. The lowest BCUT2D eigenvalue weighted by Crippen LogP contribution is -2.27. The van der Waals surface area contributed by atoms with Gasteiger partial charge >= 0.3 is 5.97 Å². The lowest BCUT2D eigenvalue weighted by Gasteiger charge is -2.23. The van der Waals surface area contributed by atoms with Crippen LogP contribution in [0.4, 0.5) is 5.13 Å². The third-order valence-corrected chi connectivity index (χ3v) is 5.34. The van der Waals surface area contributed by atoms with Gasteiger partial charge in [-0.3, -0.25) is 4.79 Å². The molecule has 2 N–H and O–H groups in total. The second-order valence-electron chi connectivity index (χ2n) is 6.09. The second-order valence-corrected chi connectivity index (χ2v) is 7.08. The molecule has 128 valence electrons. The van der Waals surface area contributed by atoms with E-state index in [1.165, 1.54) is 0 Å². The first-order valence-electron chi connectivity index (χ1n) is 8.07. The summed E-state index contributed by atoms with van der Waals surface area (Å²) < 4.78 is 2.05. The van der Waals surface area contributed by atoms with Crippen LogP contribution in [0, 0.1) is 5.92 Å². The Morgan fingerprint density at radius 1 is 1.28 bits per heavy atom. The molecule has 4 rings (SSSR count). The first-order valence-corrected chi connectivity index (χ1v) is 8.89. The van der Waals surface area contributed by atoms with E-state index >= 15 is 0 Å². The molecule has 0 aliphatic heterocycles. The quantitative estimate of drug-likeness (QED) is 0.732. The van der Waals surface area contributed by atoms with Crippen LogP contribution >= 0.6 is 11.3 Å². The fourth-order valence-electron chi connectivity index (χ4n) is 2.79. The van der Waals surface area contributed by atoms with E-state index < -0.39 is 5.97 Å². The smallest absolute Gasteiger partial charge is 0.357 e. The van der Waals surface area contributed by atoms with Crippen molar-refractivity contribution in [3.8, 4) is 0 Å². The summed E-state index contributed by atoms with van der Waals surface area (Å²) in [6.07, 6.45) is 2.88. The maximum atomic E-state index is 12.1. The van der Waals surface area contributed by atoms with Crippen molar-refractivity contribution in [1.29, 1.82) is 0 Å². The summed E-state index contributed by atoms with van der Waals surface area (Å²) in [7, 11) is 0. The number of carbonyl (C=O) groups excluding carboxylic acids is 1. The van der Waals surface area contributed by atoms with Crippen LogP contribution in [-0.2, 0) is 11.3 Å². The van der Waals surface area contributed by atoms with Gasteiger partial charge in [0.15, 0.2) is 16.5 Å². The summed E-state index contributed by atoms with van der Waals surface area (Å²) in [4.78, 5) is 28.0. The average molecular weight is 356 g/mol. The number of nitrogens with zero attached hydrogens (tertiary/aromatic N) is 3. The average Bonchev–Trinajstić information content (AvgIpc) is 3.06. The normalized spacial score (nSPS) is 14.4. The van der Waals surface area contributed by atoms with Crippen LogP contribution < -0.4 is 5.32 Å². The second kappa shape index (κ2) is 6.29. The van der Waals surface area contributed by atoms with E-state index in [0.717, 1.165) is 36.2 Å². The van der Waals surface area contributed by atoms with Gasteiger partial charge in [-0.1, -0.05) is 48.1 Å². The van der Waals surface area contributed by atoms with Crippen molar-refractivity contribution in [2.75, 3.05) is 5.32 Å². The Hall–Kier alpha value is -2.74. The van der Waals surface area contributed by atoms with E-state index in [1.807, 2.05) is 30.3 Å². The molecule has 0 unspecified atom stereocenters. The Bertz CT molecular complexity index is 944. The molecular formula is C17H16N4O3S. The van der Waals surface area contributed by atoms with E-state index in [2.05, 4.69) is 15.4 Å². The minimum atomic E-state index is -1.10. The van der Waals surface area contributed by atoms with E-state index in [0.29, 0.717) is 22.0 Å². The van der Waals surface area contributed by atoms with Crippen molar-refractivity contribution in [2.24, 2.45) is 5.92 Å². The molecule has 3 aromatic rings. The van der Waals surface area contributed by atoms with E-state index in [1.54, 1.807) is 4.68 Å². The van der Waals surface area contributed by atoms with Crippen LogP contribution in [0.5, 0.6) is 0 Å². The third-order valence-electron chi connectivity index (χ3n) is 4.37. The minimum absolute atomic E-state index is 0.0347. The number of carboxylic acids is 1. The summed E-state index contributed by atoms with van der Waals surface area (Å²) >= 11 is 1.16. The van der Waals surface area contributed by atoms with Crippen molar-refractivity contribution in [1.82, 2.24) is 14.8 Å². The molecule has 1 aliphatic rings. The zero-order valence-electron chi connectivity index (χ0n) is 13.3. The lowest BCUT2D eigenvalue weighted by molar-refractivity contribution is -0.122. The van der Waals surface area contributed by atoms with Gasteiger partial charge in [0.1, 0.15) is 4.70 Å². The van der Waals surface area contributed by atoms with Crippen molar-refractivity contribution >= 4 is 38.7 Å². The van der Waals surface area contributed by atoms with Gasteiger partial charge < -0.3 is 10.4 Å². The molecule has 7 nitrogen and oxygen atoms in total. The molecule has 1 amide bonds. The van der Waals surface area contributed by atoms with Crippen molar-refractivity contribution in [2.45, 2.75) is 25.8 Å². The third kappa shape index (κ3) is 3.00. The van der Waals surface area contributed by atoms with E-state index in [-0.39, 0.29) is 17.5 Å². The molecule has 1 fully saturated rings. The predicted molar refractivity (Wildman–Crippen MR) is 93.9 cm³/mol. The number of nitrogens with one attached hydrogen (secondary N) is 1. The number of aromatic carboxylic acids is 1. The van der Waals surface area contributed by atoms with Gasteiger partial charge in [-0.2, -0.15) is 10.1 Å². The van der Waals surface area contributed by atoms with Gasteiger partial charge in [-0.25, -0.2) is 9.48 Å². The number of carboxylic acid groups (broad SMARTS) is 1. The Morgan fingerprint density at radius 2 is 2.04 bits per heavy atom. The fraction of sp³-hybridized carbons (Fsp3) is 0.294. The number of carbonyl (C=O) groups is 2. The zero-order chi connectivity index (χ0) is 17.4. The first-order chi connectivity index (χ1) is 12.1. The van der Waals surface area contributed by atoms with Crippen LogP contribution in [0.15, 0.2) is 30.3 Å². The Labute approximate surface area is 147 Å². The van der Waals surface area contributed by atoms with Gasteiger partial charge in [0, 0.05) is 5.92 Å². The molecule has 0 spiro atoms. The summed E-state index contributed by atoms with van der Waals surface area (Å²) in [5.41, 5.74) is 1.44. The van der Waals surface area contributed by atoms with E-state index in [4.69, 9.17) is 0 Å². The Balaban J connectivity index is 1.67. The van der Waals surface area contributed by atoms with Crippen LogP contribution in [0.3, 0.4) is 0 Å². The number of fused-ring (bicyclic) bond motifs is 1. The molecule has 1 saturated carbocycles. The fourth-order valence-corrected chi connectivity index (χ4v) is 3.74. The highest BCUT2D eigenvalue weighted by Crippen LogP contribution is 2.32. The van der Waals surface area contributed by atoms with Crippen LogP contribution in [0.2, 0.25) is 0 Å². The molecule has 0 saturated heterocycles. The van der Waals surface area contributed by atoms with Crippen molar-refractivity contribution in [3.05, 3.63) is 41.6 Å². The molecule has 0 bridgehead atoms. The maximum absolute atomic E-state index is 12.1. The van der Waals surface area contributed by atoms with Crippen molar-refractivity contribution < 1.29 is 14.7 Å². The molecule has 8 heteroatoms.